The van der Waals surface area contributed by atoms with Crippen molar-refractivity contribution in [2.75, 3.05) is 5.32 Å². The molecule has 0 fully saturated rings. The third-order valence-electron chi connectivity index (χ3n) is 2.47. The Morgan fingerprint density at radius 1 is 1.32 bits per heavy atom. The molecule has 1 aromatic carbocycles. The molecule has 7 heteroatoms. The van der Waals surface area contributed by atoms with Gasteiger partial charge in [-0.25, -0.2) is 9.18 Å². The third kappa shape index (κ3) is 3.78. The van der Waals surface area contributed by atoms with Crippen LogP contribution >= 0.6 is 27.5 Å². The van der Waals surface area contributed by atoms with Crippen molar-refractivity contribution >= 4 is 45.1 Å². The highest BCUT2D eigenvalue weighted by atomic mass is 79.9. The molecule has 0 unspecified atom stereocenters. The van der Waals surface area contributed by atoms with Crippen LogP contribution in [0.5, 0.6) is 0 Å². The number of amides is 1. The lowest BCUT2D eigenvalue weighted by atomic mass is 10.1. The van der Waals surface area contributed by atoms with E-state index in [2.05, 4.69) is 21.2 Å². The quantitative estimate of drug-likeness (QED) is 0.819. The number of benzene rings is 1. The molecule has 0 spiro atoms. The number of hydrogen-bond acceptors (Lipinski definition) is 2. The molecular formula is C12H10BrClFNO3. The molecule has 0 aliphatic carbocycles. The van der Waals surface area contributed by atoms with Crippen molar-refractivity contribution < 1.29 is 19.1 Å². The van der Waals surface area contributed by atoms with Gasteiger partial charge in [-0.05, 0) is 41.9 Å². The van der Waals surface area contributed by atoms with Crippen LogP contribution in [0.1, 0.15) is 13.8 Å². The molecule has 0 saturated carbocycles. The molecule has 1 rings (SSSR count). The predicted molar refractivity (Wildman–Crippen MR) is 73.7 cm³/mol. The van der Waals surface area contributed by atoms with Crippen molar-refractivity contribution in [2.24, 2.45) is 0 Å². The van der Waals surface area contributed by atoms with E-state index < -0.39 is 17.7 Å². The zero-order chi connectivity index (χ0) is 14.7. The van der Waals surface area contributed by atoms with Crippen LogP contribution in [0, 0.1) is 5.82 Å². The number of carboxylic acids is 1. The fourth-order valence-electron chi connectivity index (χ4n) is 1.20. The van der Waals surface area contributed by atoms with Gasteiger partial charge in [0.2, 0.25) is 0 Å². The number of hydrogen-bond donors (Lipinski definition) is 2. The molecule has 0 bridgehead atoms. The maximum absolute atomic E-state index is 13.0. The van der Waals surface area contributed by atoms with E-state index in [4.69, 9.17) is 16.7 Å². The number of carboxylic acid groups (broad SMARTS) is 1. The molecular weight excluding hydrogens is 340 g/mol. The molecule has 19 heavy (non-hydrogen) atoms. The smallest absolute Gasteiger partial charge is 0.331 e. The van der Waals surface area contributed by atoms with Crippen LogP contribution in [0.25, 0.3) is 0 Å². The molecule has 0 aliphatic heterocycles. The summed E-state index contributed by atoms with van der Waals surface area (Å²) in [4.78, 5) is 22.6. The zero-order valence-corrected chi connectivity index (χ0v) is 12.4. The Morgan fingerprint density at radius 2 is 1.89 bits per heavy atom. The molecule has 0 saturated heterocycles. The van der Waals surface area contributed by atoms with Gasteiger partial charge in [0.1, 0.15) is 5.82 Å². The van der Waals surface area contributed by atoms with Gasteiger partial charge in [0.05, 0.1) is 10.7 Å². The Balaban J connectivity index is 3.08. The van der Waals surface area contributed by atoms with Gasteiger partial charge < -0.3 is 10.4 Å². The van der Waals surface area contributed by atoms with Crippen LogP contribution in [0.2, 0.25) is 5.02 Å². The van der Waals surface area contributed by atoms with Crippen molar-refractivity contribution in [3.05, 3.63) is 38.6 Å². The van der Waals surface area contributed by atoms with E-state index in [0.29, 0.717) is 0 Å². The van der Waals surface area contributed by atoms with Crippen molar-refractivity contribution in [2.45, 2.75) is 13.8 Å². The van der Waals surface area contributed by atoms with Gasteiger partial charge >= 0.3 is 5.97 Å². The second kappa shape index (κ2) is 6.16. The van der Waals surface area contributed by atoms with Crippen LogP contribution < -0.4 is 5.32 Å². The van der Waals surface area contributed by atoms with E-state index in [1.165, 1.54) is 13.8 Å². The van der Waals surface area contributed by atoms with Crippen LogP contribution in [-0.2, 0) is 9.59 Å². The first-order chi connectivity index (χ1) is 8.73. The lowest BCUT2D eigenvalue weighted by Crippen LogP contribution is -2.16. The summed E-state index contributed by atoms with van der Waals surface area (Å²) in [6, 6.07) is 2.19. The summed E-state index contributed by atoms with van der Waals surface area (Å²) in [6.07, 6.45) is 0. The average Bonchev–Trinajstić information content (AvgIpc) is 2.31. The summed E-state index contributed by atoms with van der Waals surface area (Å²) in [7, 11) is 0. The fraction of sp³-hybridized carbons (Fsp3) is 0.167. The number of carbonyl (C=O) groups is 2. The number of anilines is 1. The first-order valence-corrected chi connectivity index (χ1v) is 6.27. The van der Waals surface area contributed by atoms with Crippen LogP contribution in [0.4, 0.5) is 10.1 Å². The number of halogens is 3. The Morgan fingerprint density at radius 3 is 2.37 bits per heavy atom. The molecule has 0 aromatic heterocycles. The van der Waals surface area contributed by atoms with Crippen LogP contribution in [-0.4, -0.2) is 17.0 Å². The highest BCUT2D eigenvalue weighted by molar-refractivity contribution is 9.10. The van der Waals surface area contributed by atoms with E-state index in [0.717, 1.165) is 12.1 Å². The van der Waals surface area contributed by atoms with Gasteiger partial charge in [0.15, 0.2) is 0 Å². The standard InChI is InChI=1S/C12H10BrClFNO3/c1-5(6(2)12(18)19)11(17)16-10-8(13)3-7(15)4-9(10)14/h3-4H,1-2H3,(H,16,17)(H,18,19). The Bertz CT molecular complexity index is 563. The van der Waals surface area contributed by atoms with E-state index in [-0.39, 0.29) is 26.3 Å². The first kappa shape index (κ1) is 15.7. The van der Waals surface area contributed by atoms with Gasteiger partial charge in [-0.15, -0.1) is 0 Å². The summed E-state index contributed by atoms with van der Waals surface area (Å²) < 4.78 is 13.3. The fourth-order valence-corrected chi connectivity index (χ4v) is 2.10. The summed E-state index contributed by atoms with van der Waals surface area (Å²) >= 11 is 8.88. The molecule has 0 aliphatic rings. The average molecular weight is 351 g/mol. The Kier molecular flexibility index (Phi) is 5.08. The lowest BCUT2D eigenvalue weighted by molar-refractivity contribution is -0.133. The zero-order valence-electron chi connectivity index (χ0n) is 10.1. The van der Waals surface area contributed by atoms with Gasteiger partial charge in [-0.2, -0.15) is 0 Å². The molecule has 0 heterocycles. The summed E-state index contributed by atoms with van der Waals surface area (Å²) in [6.45, 7) is 2.70. The van der Waals surface area contributed by atoms with Crippen molar-refractivity contribution in [1.29, 1.82) is 0 Å². The van der Waals surface area contributed by atoms with E-state index in [9.17, 15) is 14.0 Å². The first-order valence-electron chi connectivity index (χ1n) is 5.10. The van der Waals surface area contributed by atoms with Crippen molar-refractivity contribution in [3.63, 3.8) is 0 Å². The summed E-state index contributed by atoms with van der Waals surface area (Å²) in [5, 5.41) is 11.2. The minimum Gasteiger partial charge on any atom is -0.478 e. The van der Waals surface area contributed by atoms with Crippen LogP contribution in [0.3, 0.4) is 0 Å². The maximum Gasteiger partial charge on any atom is 0.331 e. The van der Waals surface area contributed by atoms with E-state index in [1.54, 1.807) is 0 Å². The maximum atomic E-state index is 13.0. The number of carbonyl (C=O) groups excluding carboxylic acids is 1. The summed E-state index contributed by atoms with van der Waals surface area (Å²) in [5.41, 5.74) is 0.150. The highest BCUT2D eigenvalue weighted by Gasteiger charge is 2.16. The molecule has 2 N–H and O–H groups in total. The second-order valence-electron chi connectivity index (χ2n) is 3.75. The van der Waals surface area contributed by atoms with E-state index in [1.807, 2.05) is 0 Å². The second-order valence-corrected chi connectivity index (χ2v) is 5.02. The van der Waals surface area contributed by atoms with Crippen molar-refractivity contribution in [1.82, 2.24) is 0 Å². The Hall–Kier alpha value is -1.40. The summed E-state index contributed by atoms with van der Waals surface area (Å²) in [5.74, 6) is -2.35. The highest BCUT2D eigenvalue weighted by Crippen LogP contribution is 2.32. The normalized spacial score (nSPS) is 11.8. The van der Waals surface area contributed by atoms with Gasteiger partial charge in [0.25, 0.3) is 5.91 Å². The Labute approximate surface area is 122 Å². The molecule has 0 atom stereocenters. The van der Waals surface area contributed by atoms with Gasteiger partial charge in [-0.3, -0.25) is 4.79 Å². The third-order valence-corrected chi connectivity index (χ3v) is 3.39. The largest absolute Gasteiger partial charge is 0.478 e. The molecule has 0 radical (unpaired) electrons. The lowest BCUT2D eigenvalue weighted by Gasteiger charge is -2.10. The number of rotatable bonds is 3. The monoisotopic (exact) mass is 349 g/mol. The number of aliphatic carboxylic acids is 1. The molecule has 1 amide bonds. The molecule has 102 valence electrons. The molecule has 1 aromatic rings. The van der Waals surface area contributed by atoms with E-state index >= 15 is 0 Å². The topological polar surface area (TPSA) is 66.4 Å². The van der Waals surface area contributed by atoms with Crippen molar-refractivity contribution in [3.8, 4) is 0 Å². The minimum atomic E-state index is -1.18. The van der Waals surface area contributed by atoms with Gasteiger partial charge in [-0.1, -0.05) is 11.6 Å². The SMILES string of the molecule is CC(C(=O)O)=C(C)C(=O)Nc1c(Cl)cc(F)cc1Br. The predicted octanol–water partition coefficient (Wildman–Crippen LogP) is 3.60. The molecule has 4 nitrogen and oxygen atoms in total. The van der Waals surface area contributed by atoms with Crippen LogP contribution in [0.15, 0.2) is 27.8 Å². The minimum absolute atomic E-state index is 0.0148. The van der Waals surface area contributed by atoms with Gasteiger partial charge in [0, 0.05) is 15.6 Å². The number of nitrogens with one attached hydrogen (secondary N) is 1.